The summed E-state index contributed by atoms with van der Waals surface area (Å²) in [6, 6.07) is 20.3. The summed E-state index contributed by atoms with van der Waals surface area (Å²) in [7, 11) is 0. The number of amides is 1. The van der Waals surface area contributed by atoms with Crippen LogP contribution in [0, 0.1) is 5.82 Å². The van der Waals surface area contributed by atoms with E-state index in [0.29, 0.717) is 17.3 Å². The van der Waals surface area contributed by atoms with E-state index in [1.165, 1.54) is 24.3 Å². The zero-order valence-electron chi connectivity index (χ0n) is 15.1. The summed E-state index contributed by atoms with van der Waals surface area (Å²) in [6.45, 7) is 1.63. The highest BCUT2D eigenvalue weighted by Crippen LogP contribution is 2.25. The van der Waals surface area contributed by atoms with Crippen molar-refractivity contribution in [2.75, 3.05) is 5.32 Å². The van der Waals surface area contributed by atoms with Crippen LogP contribution in [0.3, 0.4) is 0 Å². The largest absolute Gasteiger partial charge is 0.481 e. The number of hydrogen-bond acceptors (Lipinski definition) is 4. The molecule has 140 valence electrons. The summed E-state index contributed by atoms with van der Waals surface area (Å²) in [6.07, 6.45) is -0.734. The van der Waals surface area contributed by atoms with E-state index in [2.05, 4.69) is 10.3 Å². The SMILES string of the molecule is CC(Oc1ccc(F)cc1)C(=O)Nc1ccc(-c2nc3ccccc3o2)cc1. The van der Waals surface area contributed by atoms with Crippen LogP contribution in [0.25, 0.3) is 22.6 Å². The van der Waals surface area contributed by atoms with Crippen LogP contribution in [-0.4, -0.2) is 17.0 Å². The second kappa shape index (κ2) is 7.52. The highest BCUT2D eigenvalue weighted by atomic mass is 19.1. The number of halogens is 1. The summed E-state index contributed by atoms with van der Waals surface area (Å²) in [5.74, 6) is 0.282. The van der Waals surface area contributed by atoms with E-state index in [1.807, 2.05) is 36.4 Å². The fourth-order valence-corrected chi connectivity index (χ4v) is 2.71. The zero-order chi connectivity index (χ0) is 19.5. The van der Waals surface area contributed by atoms with Crippen LogP contribution < -0.4 is 10.1 Å². The van der Waals surface area contributed by atoms with Gasteiger partial charge in [0.05, 0.1) is 0 Å². The first kappa shape index (κ1) is 17.7. The van der Waals surface area contributed by atoms with Gasteiger partial charge < -0.3 is 14.5 Å². The molecule has 0 aliphatic heterocycles. The summed E-state index contributed by atoms with van der Waals surface area (Å²) in [4.78, 5) is 16.8. The number of nitrogens with zero attached hydrogens (tertiary/aromatic N) is 1. The number of benzene rings is 3. The number of fused-ring (bicyclic) bond motifs is 1. The number of oxazole rings is 1. The maximum Gasteiger partial charge on any atom is 0.265 e. The van der Waals surface area contributed by atoms with Gasteiger partial charge in [-0.25, -0.2) is 9.37 Å². The van der Waals surface area contributed by atoms with Gasteiger partial charge in [0.2, 0.25) is 5.89 Å². The Morgan fingerprint density at radius 2 is 1.75 bits per heavy atom. The lowest BCUT2D eigenvalue weighted by Gasteiger charge is -2.14. The molecule has 1 aromatic heterocycles. The van der Waals surface area contributed by atoms with Crippen molar-refractivity contribution in [3.05, 3.63) is 78.6 Å². The lowest BCUT2D eigenvalue weighted by Crippen LogP contribution is -2.30. The molecular weight excluding hydrogens is 359 g/mol. The quantitative estimate of drug-likeness (QED) is 0.530. The number of nitrogens with one attached hydrogen (secondary N) is 1. The first-order valence-electron chi connectivity index (χ1n) is 8.77. The predicted octanol–water partition coefficient (Wildman–Crippen LogP) is 5.04. The van der Waals surface area contributed by atoms with Gasteiger partial charge in [-0.2, -0.15) is 0 Å². The van der Waals surface area contributed by atoms with Crippen LogP contribution in [0.1, 0.15) is 6.92 Å². The molecule has 0 aliphatic carbocycles. The van der Waals surface area contributed by atoms with Crippen LogP contribution in [-0.2, 0) is 4.79 Å². The highest BCUT2D eigenvalue weighted by Gasteiger charge is 2.15. The molecule has 0 aliphatic rings. The molecular formula is C22H17FN2O3. The van der Waals surface area contributed by atoms with Crippen molar-refractivity contribution in [2.24, 2.45) is 0 Å². The molecule has 0 fully saturated rings. The van der Waals surface area contributed by atoms with Gasteiger partial charge in [-0.15, -0.1) is 0 Å². The van der Waals surface area contributed by atoms with Crippen molar-refractivity contribution >= 4 is 22.7 Å². The maximum atomic E-state index is 12.9. The van der Waals surface area contributed by atoms with Crippen molar-refractivity contribution in [3.63, 3.8) is 0 Å². The van der Waals surface area contributed by atoms with Gasteiger partial charge in [-0.1, -0.05) is 12.1 Å². The van der Waals surface area contributed by atoms with Crippen molar-refractivity contribution in [1.82, 2.24) is 4.98 Å². The Labute approximate surface area is 160 Å². The van der Waals surface area contributed by atoms with E-state index < -0.39 is 6.10 Å². The Morgan fingerprint density at radius 1 is 1.04 bits per heavy atom. The summed E-state index contributed by atoms with van der Waals surface area (Å²) in [5, 5.41) is 2.79. The summed E-state index contributed by atoms with van der Waals surface area (Å²) in [5.41, 5.74) is 2.95. The lowest BCUT2D eigenvalue weighted by molar-refractivity contribution is -0.122. The molecule has 1 atom stereocenters. The number of aromatic nitrogens is 1. The van der Waals surface area contributed by atoms with Crippen LogP contribution in [0.5, 0.6) is 5.75 Å². The molecule has 5 nitrogen and oxygen atoms in total. The van der Waals surface area contributed by atoms with Crippen LogP contribution in [0.15, 0.2) is 77.2 Å². The van der Waals surface area contributed by atoms with Crippen molar-refractivity contribution in [1.29, 1.82) is 0 Å². The summed E-state index contributed by atoms with van der Waals surface area (Å²) < 4.78 is 24.2. The topological polar surface area (TPSA) is 64.4 Å². The van der Waals surface area contributed by atoms with Gasteiger partial charge in [0.15, 0.2) is 11.7 Å². The van der Waals surface area contributed by atoms with E-state index in [0.717, 1.165) is 16.7 Å². The first-order valence-corrected chi connectivity index (χ1v) is 8.77. The lowest BCUT2D eigenvalue weighted by atomic mass is 10.2. The molecule has 28 heavy (non-hydrogen) atoms. The Hall–Kier alpha value is -3.67. The molecule has 6 heteroatoms. The smallest absolute Gasteiger partial charge is 0.265 e. The number of hydrogen-bond donors (Lipinski definition) is 1. The first-order chi connectivity index (χ1) is 13.6. The van der Waals surface area contributed by atoms with Gasteiger partial charge in [0, 0.05) is 11.3 Å². The average Bonchev–Trinajstić information content (AvgIpc) is 3.14. The Balaban J connectivity index is 1.42. The molecule has 0 bridgehead atoms. The Kier molecular flexibility index (Phi) is 4.76. The number of rotatable bonds is 5. The highest BCUT2D eigenvalue weighted by molar-refractivity contribution is 5.94. The molecule has 1 heterocycles. The molecule has 0 radical (unpaired) electrons. The fourth-order valence-electron chi connectivity index (χ4n) is 2.71. The van der Waals surface area contributed by atoms with Gasteiger partial charge in [-0.05, 0) is 67.6 Å². The molecule has 0 saturated heterocycles. The fraction of sp³-hybridized carbons (Fsp3) is 0.0909. The predicted molar refractivity (Wildman–Crippen MR) is 105 cm³/mol. The van der Waals surface area contributed by atoms with E-state index >= 15 is 0 Å². The number of carbonyl (C=O) groups excluding carboxylic acids is 1. The minimum Gasteiger partial charge on any atom is -0.481 e. The third kappa shape index (κ3) is 3.86. The van der Waals surface area contributed by atoms with E-state index in [1.54, 1.807) is 19.1 Å². The minimum absolute atomic E-state index is 0.307. The number of carbonyl (C=O) groups is 1. The van der Waals surface area contributed by atoms with E-state index in [9.17, 15) is 9.18 Å². The number of para-hydroxylation sites is 2. The molecule has 4 rings (SSSR count). The number of ether oxygens (including phenoxy) is 1. The van der Waals surface area contributed by atoms with E-state index in [4.69, 9.17) is 9.15 Å². The van der Waals surface area contributed by atoms with Gasteiger partial charge in [0.1, 0.15) is 17.1 Å². The van der Waals surface area contributed by atoms with Crippen molar-refractivity contribution in [2.45, 2.75) is 13.0 Å². The van der Waals surface area contributed by atoms with Gasteiger partial charge in [-0.3, -0.25) is 4.79 Å². The van der Waals surface area contributed by atoms with Crippen LogP contribution >= 0.6 is 0 Å². The molecule has 1 amide bonds. The third-order valence-corrected chi connectivity index (χ3v) is 4.19. The maximum absolute atomic E-state index is 12.9. The Bertz CT molecular complexity index is 1070. The monoisotopic (exact) mass is 376 g/mol. The molecule has 0 saturated carbocycles. The van der Waals surface area contributed by atoms with Crippen LogP contribution in [0.2, 0.25) is 0 Å². The minimum atomic E-state index is -0.734. The number of anilines is 1. The van der Waals surface area contributed by atoms with Crippen LogP contribution in [0.4, 0.5) is 10.1 Å². The normalized spacial score (nSPS) is 11.9. The second-order valence-corrected chi connectivity index (χ2v) is 6.27. The standard InChI is InChI=1S/C22H17FN2O3/c1-14(27-18-12-8-16(23)9-13-18)21(26)24-17-10-6-15(7-11-17)22-25-19-4-2-3-5-20(19)28-22/h2-14H,1H3,(H,24,26). The van der Waals surface area contributed by atoms with Gasteiger partial charge >= 0.3 is 0 Å². The van der Waals surface area contributed by atoms with Crippen molar-refractivity contribution < 1.29 is 18.3 Å². The van der Waals surface area contributed by atoms with Gasteiger partial charge in [0.25, 0.3) is 5.91 Å². The molecule has 4 aromatic rings. The molecule has 3 aromatic carbocycles. The molecule has 0 spiro atoms. The zero-order valence-corrected chi connectivity index (χ0v) is 15.1. The van der Waals surface area contributed by atoms with E-state index in [-0.39, 0.29) is 11.7 Å². The summed E-state index contributed by atoms with van der Waals surface area (Å²) >= 11 is 0. The Morgan fingerprint density at radius 3 is 2.46 bits per heavy atom. The third-order valence-electron chi connectivity index (χ3n) is 4.19. The molecule has 1 N–H and O–H groups in total. The second-order valence-electron chi connectivity index (χ2n) is 6.27. The van der Waals surface area contributed by atoms with Crippen molar-refractivity contribution in [3.8, 4) is 17.2 Å². The molecule has 1 unspecified atom stereocenters. The average molecular weight is 376 g/mol.